The van der Waals surface area contributed by atoms with E-state index in [4.69, 9.17) is 0 Å². The number of sulfonamides is 2. The Balaban J connectivity index is 3.11. The first-order valence-electron chi connectivity index (χ1n) is 4.62. The summed E-state index contributed by atoms with van der Waals surface area (Å²) in [6.07, 6.45) is 2.05. The lowest BCUT2D eigenvalue weighted by atomic mass is 10.2. The molecule has 1 rings (SSSR count). The number of nitrogens with one attached hydrogen (secondary N) is 2. The van der Waals surface area contributed by atoms with Gasteiger partial charge in [-0.05, 0) is 30.7 Å². The van der Waals surface area contributed by atoms with Gasteiger partial charge in [-0.3, -0.25) is 9.44 Å². The molecule has 0 heterocycles. The van der Waals surface area contributed by atoms with Gasteiger partial charge in [-0.2, -0.15) is 0 Å². The van der Waals surface area contributed by atoms with Crippen molar-refractivity contribution in [2.24, 2.45) is 0 Å². The van der Waals surface area contributed by atoms with Gasteiger partial charge in [-0.1, -0.05) is 0 Å². The Labute approximate surface area is 101 Å². The average Bonchev–Trinajstić information content (AvgIpc) is 1.93. The zero-order valence-corrected chi connectivity index (χ0v) is 11.3. The first-order chi connectivity index (χ1) is 7.55. The summed E-state index contributed by atoms with van der Waals surface area (Å²) in [5.74, 6) is 0. The van der Waals surface area contributed by atoms with Gasteiger partial charge in [0.15, 0.2) is 0 Å². The van der Waals surface area contributed by atoms with E-state index in [1.807, 2.05) is 0 Å². The third-order valence-electron chi connectivity index (χ3n) is 1.68. The second-order valence-corrected chi connectivity index (χ2v) is 7.33. The van der Waals surface area contributed by atoms with E-state index in [-0.39, 0.29) is 0 Å². The second kappa shape index (κ2) is 4.53. The van der Waals surface area contributed by atoms with Crippen LogP contribution in [-0.4, -0.2) is 29.3 Å². The number of aryl methyl sites for hydroxylation is 1. The first-order valence-corrected chi connectivity index (χ1v) is 8.41. The van der Waals surface area contributed by atoms with Crippen molar-refractivity contribution in [1.29, 1.82) is 0 Å². The van der Waals surface area contributed by atoms with E-state index in [1.54, 1.807) is 19.1 Å². The summed E-state index contributed by atoms with van der Waals surface area (Å²) in [7, 11) is -6.76. The summed E-state index contributed by atoms with van der Waals surface area (Å²) in [6.45, 7) is 1.74. The number of rotatable bonds is 4. The molecule has 0 fully saturated rings. The van der Waals surface area contributed by atoms with Crippen molar-refractivity contribution in [3.63, 3.8) is 0 Å². The molecule has 0 spiro atoms. The highest BCUT2D eigenvalue weighted by molar-refractivity contribution is 7.92. The van der Waals surface area contributed by atoms with Crippen LogP contribution in [0.15, 0.2) is 18.2 Å². The van der Waals surface area contributed by atoms with Gasteiger partial charge in [0.25, 0.3) is 0 Å². The highest BCUT2D eigenvalue weighted by Crippen LogP contribution is 2.20. The van der Waals surface area contributed by atoms with Gasteiger partial charge in [0, 0.05) is 0 Å². The Hall–Kier alpha value is -1.28. The predicted molar refractivity (Wildman–Crippen MR) is 68.1 cm³/mol. The van der Waals surface area contributed by atoms with Crippen LogP contribution in [0.5, 0.6) is 0 Å². The van der Waals surface area contributed by atoms with Crippen LogP contribution in [0.4, 0.5) is 11.4 Å². The molecule has 2 N–H and O–H groups in total. The quantitative estimate of drug-likeness (QED) is 0.849. The van der Waals surface area contributed by atoms with Crippen molar-refractivity contribution < 1.29 is 16.8 Å². The number of benzene rings is 1. The molecule has 96 valence electrons. The Kier molecular flexibility index (Phi) is 3.68. The Morgan fingerprint density at radius 3 is 1.47 bits per heavy atom. The summed E-state index contributed by atoms with van der Waals surface area (Å²) in [6, 6.07) is 4.62. The third kappa shape index (κ3) is 5.55. The molecule has 0 atom stereocenters. The molecule has 0 bridgehead atoms. The average molecular weight is 278 g/mol. The van der Waals surface area contributed by atoms with E-state index in [0.717, 1.165) is 18.1 Å². The summed E-state index contributed by atoms with van der Waals surface area (Å²) >= 11 is 0. The topological polar surface area (TPSA) is 92.3 Å². The summed E-state index contributed by atoms with van der Waals surface area (Å²) in [5.41, 5.74) is 1.38. The van der Waals surface area contributed by atoms with Crippen molar-refractivity contribution in [2.75, 3.05) is 22.0 Å². The monoisotopic (exact) mass is 278 g/mol. The van der Waals surface area contributed by atoms with Gasteiger partial charge < -0.3 is 0 Å². The van der Waals surface area contributed by atoms with Crippen molar-refractivity contribution >= 4 is 31.4 Å². The molecule has 17 heavy (non-hydrogen) atoms. The fraction of sp³-hybridized carbons (Fsp3) is 0.333. The number of hydrogen-bond acceptors (Lipinski definition) is 4. The normalized spacial score (nSPS) is 12.2. The molecule has 0 aromatic heterocycles. The lowest BCUT2D eigenvalue weighted by Gasteiger charge is -2.09. The zero-order chi connectivity index (χ0) is 13.3. The number of anilines is 2. The summed E-state index contributed by atoms with van der Waals surface area (Å²) in [5, 5.41) is 0. The van der Waals surface area contributed by atoms with Crippen LogP contribution in [0.2, 0.25) is 0 Å². The van der Waals surface area contributed by atoms with E-state index < -0.39 is 20.0 Å². The molecular formula is C9H14N2O4S2. The highest BCUT2D eigenvalue weighted by Gasteiger charge is 2.06. The van der Waals surface area contributed by atoms with Gasteiger partial charge in [0.2, 0.25) is 20.0 Å². The standard InChI is InChI=1S/C9H14N2O4S2/c1-7-4-8(10-16(2,12)13)6-9(5-7)11-17(3,14)15/h4-6,10-11H,1-3H3. The molecule has 0 saturated heterocycles. The predicted octanol–water partition coefficient (Wildman–Crippen LogP) is 0.738. The minimum atomic E-state index is -3.38. The number of hydrogen-bond donors (Lipinski definition) is 2. The Morgan fingerprint density at radius 2 is 1.18 bits per heavy atom. The second-order valence-electron chi connectivity index (χ2n) is 3.84. The smallest absolute Gasteiger partial charge is 0.229 e. The molecule has 0 unspecified atom stereocenters. The van der Waals surface area contributed by atoms with E-state index in [1.165, 1.54) is 6.07 Å². The lowest BCUT2D eigenvalue weighted by Crippen LogP contribution is -2.12. The van der Waals surface area contributed by atoms with Gasteiger partial charge in [0.05, 0.1) is 23.9 Å². The first kappa shape index (κ1) is 13.8. The van der Waals surface area contributed by atoms with Crippen molar-refractivity contribution in [2.45, 2.75) is 6.92 Å². The summed E-state index contributed by atoms with van der Waals surface area (Å²) in [4.78, 5) is 0. The fourth-order valence-electron chi connectivity index (χ4n) is 1.33. The maximum absolute atomic E-state index is 11.1. The van der Waals surface area contributed by atoms with Crippen LogP contribution < -0.4 is 9.44 Å². The SMILES string of the molecule is Cc1cc(NS(C)(=O)=O)cc(NS(C)(=O)=O)c1. The Morgan fingerprint density at radius 1 is 0.824 bits per heavy atom. The molecule has 1 aromatic rings. The molecule has 0 aliphatic heterocycles. The maximum atomic E-state index is 11.1. The Bertz CT molecular complexity index is 568. The fourth-order valence-corrected chi connectivity index (χ4v) is 2.42. The van der Waals surface area contributed by atoms with Crippen LogP contribution in [0.1, 0.15) is 5.56 Å². The van der Waals surface area contributed by atoms with Crippen LogP contribution in [-0.2, 0) is 20.0 Å². The van der Waals surface area contributed by atoms with Gasteiger partial charge in [-0.15, -0.1) is 0 Å². The van der Waals surface area contributed by atoms with Crippen LogP contribution in [0.25, 0.3) is 0 Å². The molecule has 0 radical (unpaired) electrons. The van der Waals surface area contributed by atoms with E-state index in [9.17, 15) is 16.8 Å². The van der Waals surface area contributed by atoms with Crippen LogP contribution in [0.3, 0.4) is 0 Å². The molecule has 6 nitrogen and oxygen atoms in total. The molecular weight excluding hydrogens is 264 g/mol. The molecule has 0 aliphatic rings. The lowest BCUT2D eigenvalue weighted by molar-refractivity contribution is 0.605. The minimum absolute atomic E-state index is 0.318. The molecule has 0 saturated carbocycles. The van der Waals surface area contributed by atoms with Crippen molar-refractivity contribution in [3.05, 3.63) is 23.8 Å². The van der Waals surface area contributed by atoms with Gasteiger partial charge in [-0.25, -0.2) is 16.8 Å². The largest absolute Gasteiger partial charge is 0.284 e. The molecule has 8 heteroatoms. The van der Waals surface area contributed by atoms with Crippen LogP contribution in [0, 0.1) is 6.92 Å². The van der Waals surface area contributed by atoms with Gasteiger partial charge >= 0.3 is 0 Å². The van der Waals surface area contributed by atoms with Gasteiger partial charge in [0.1, 0.15) is 0 Å². The zero-order valence-electron chi connectivity index (χ0n) is 9.68. The minimum Gasteiger partial charge on any atom is -0.284 e. The van der Waals surface area contributed by atoms with E-state index in [2.05, 4.69) is 9.44 Å². The molecule has 0 aliphatic carbocycles. The highest BCUT2D eigenvalue weighted by atomic mass is 32.2. The summed E-state index contributed by atoms with van der Waals surface area (Å²) < 4.78 is 48.8. The van der Waals surface area contributed by atoms with E-state index >= 15 is 0 Å². The molecule has 0 amide bonds. The van der Waals surface area contributed by atoms with E-state index in [0.29, 0.717) is 11.4 Å². The maximum Gasteiger partial charge on any atom is 0.229 e. The van der Waals surface area contributed by atoms with Crippen molar-refractivity contribution in [3.8, 4) is 0 Å². The van der Waals surface area contributed by atoms with Crippen LogP contribution >= 0.6 is 0 Å². The third-order valence-corrected chi connectivity index (χ3v) is 2.90. The van der Waals surface area contributed by atoms with Crippen molar-refractivity contribution in [1.82, 2.24) is 0 Å². The molecule has 1 aromatic carbocycles.